The Balaban J connectivity index is 1.66. The lowest BCUT2D eigenvalue weighted by Crippen LogP contribution is -2.28. The summed E-state index contributed by atoms with van der Waals surface area (Å²) in [4.78, 5) is 3.70. The van der Waals surface area contributed by atoms with Gasteiger partial charge in [0.25, 0.3) is 0 Å². The van der Waals surface area contributed by atoms with Gasteiger partial charge < -0.3 is 10.2 Å². The zero-order valence-electron chi connectivity index (χ0n) is 11.4. The molecule has 0 saturated carbocycles. The van der Waals surface area contributed by atoms with Crippen LogP contribution >= 0.6 is 43.2 Å². The first-order chi connectivity index (χ1) is 9.63. The third-order valence-corrected chi connectivity index (χ3v) is 5.12. The van der Waals surface area contributed by atoms with Gasteiger partial charge in [-0.25, -0.2) is 0 Å². The minimum absolute atomic E-state index is 0.945. The monoisotopic (exact) mass is 416 g/mol. The Morgan fingerprint density at radius 3 is 2.75 bits per heavy atom. The fraction of sp³-hybridized carbons (Fsp3) is 0.333. The Hall–Kier alpha value is -0.200. The van der Waals surface area contributed by atoms with Crippen molar-refractivity contribution in [2.45, 2.75) is 13.1 Å². The van der Waals surface area contributed by atoms with Crippen LogP contribution in [0.15, 0.2) is 44.7 Å². The number of rotatable bonds is 7. The van der Waals surface area contributed by atoms with Gasteiger partial charge in [-0.05, 0) is 46.7 Å². The molecule has 1 aromatic heterocycles. The Bertz CT molecular complexity index is 542. The lowest BCUT2D eigenvalue weighted by Gasteiger charge is -2.17. The second-order valence-corrected chi connectivity index (χ2v) is 7.60. The fourth-order valence-electron chi connectivity index (χ4n) is 1.95. The molecule has 1 aromatic carbocycles. The molecule has 0 aliphatic carbocycles. The molecule has 20 heavy (non-hydrogen) atoms. The van der Waals surface area contributed by atoms with Gasteiger partial charge in [0.15, 0.2) is 0 Å². The number of benzene rings is 1. The highest BCUT2D eigenvalue weighted by Crippen LogP contribution is 2.19. The van der Waals surface area contributed by atoms with Crippen LogP contribution in [0.4, 0.5) is 0 Å². The van der Waals surface area contributed by atoms with E-state index >= 15 is 0 Å². The molecule has 0 radical (unpaired) electrons. The van der Waals surface area contributed by atoms with Crippen molar-refractivity contribution in [3.63, 3.8) is 0 Å². The van der Waals surface area contributed by atoms with Crippen molar-refractivity contribution in [2.24, 2.45) is 0 Å². The van der Waals surface area contributed by atoms with E-state index in [-0.39, 0.29) is 0 Å². The topological polar surface area (TPSA) is 15.3 Å². The van der Waals surface area contributed by atoms with Crippen molar-refractivity contribution in [1.82, 2.24) is 10.2 Å². The van der Waals surface area contributed by atoms with E-state index in [1.165, 1.54) is 14.9 Å². The molecule has 0 fully saturated rings. The minimum atomic E-state index is 0.945. The number of hydrogen-bond acceptors (Lipinski definition) is 3. The summed E-state index contributed by atoms with van der Waals surface area (Å²) in [6.07, 6.45) is 0. The molecule has 0 bridgehead atoms. The molecule has 0 unspecified atom stereocenters. The molecule has 0 aliphatic heterocycles. The molecule has 5 heteroatoms. The van der Waals surface area contributed by atoms with E-state index in [9.17, 15) is 0 Å². The van der Waals surface area contributed by atoms with Crippen molar-refractivity contribution in [3.05, 3.63) is 55.1 Å². The maximum Gasteiger partial charge on any atom is 0.0300 e. The van der Waals surface area contributed by atoms with Crippen LogP contribution in [-0.2, 0) is 13.1 Å². The molecule has 0 atom stereocenters. The van der Waals surface area contributed by atoms with Crippen molar-refractivity contribution in [1.29, 1.82) is 0 Å². The van der Waals surface area contributed by atoms with Gasteiger partial charge in [0.1, 0.15) is 0 Å². The third-order valence-electron chi connectivity index (χ3n) is 2.93. The Labute approximate surface area is 141 Å². The molecule has 108 valence electrons. The van der Waals surface area contributed by atoms with E-state index in [4.69, 9.17) is 0 Å². The second-order valence-electron chi connectivity index (χ2n) is 4.78. The largest absolute Gasteiger partial charge is 0.311 e. The summed E-state index contributed by atoms with van der Waals surface area (Å²) in [6.45, 7) is 3.96. The van der Waals surface area contributed by atoms with Crippen LogP contribution < -0.4 is 5.32 Å². The van der Waals surface area contributed by atoms with Crippen molar-refractivity contribution in [3.8, 4) is 0 Å². The Kier molecular flexibility index (Phi) is 6.71. The van der Waals surface area contributed by atoms with E-state index in [0.29, 0.717) is 0 Å². The summed E-state index contributed by atoms with van der Waals surface area (Å²) in [7, 11) is 2.16. The number of likely N-dealkylation sites (N-methyl/N-ethyl adjacent to an activating group) is 1. The molecular formula is C15H18Br2N2S. The smallest absolute Gasteiger partial charge is 0.0300 e. The Morgan fingerprint density at radius 1 is 1.20 bits per heavy atom. The average Bonchev–Trinajstić information content (AvgIpc) is 2.80. The van der Waals surface area contributed by atoms with Crippen LogP contribution in [-0.4, -0.2) is 25.0 Å². The molecule has 0 amide bonds. The van der Waals surface area contributed by atoms with Gasteiger partial charge in [-0.3, -0.25) is 0 Å². The zero-order chi connectivity index (χ0) is 14.4. The third kappa shape index (κ3) is 5.66. The van der Waals surface area contributed by atoms with Crippen LogP contribution in [0.2, 0.25) is 0 Å². The highest BCUT2D eigenvalue weighted by Gasteiger charge is 2.01. The summed E-state index contributed by atoms with van der Waals surface area (Å²) in [5.41, 5.74) is 1.34. The molecular weight excluding hydrogens is 400 g/mol. The van der Waals surface area contributed by atoms with Crippen molar-refractivity contribution >= 4 is 43.2 Å². The summed E-state index contributed by atoms with van der Waals surface area (Å²) >= 11 is 8.77. The molecule has 0 spiro atoms. The predicted octanol–water partition coefficient (Wildman–Crippen LogP) is 4.49. The number of thiophene rings is 1. The van der Waals surface area contributed by atoms with Gasteiger partial charge in [0.2, 0.25) is 0 Å². The molecule has 1 N–H and O–H groups in total. The lowest BCUT2D eigenvalue weighted by atomic mass is 10.2. The molecule has 0 aliphatic rings. The van der Waals surface area contributed by atoms with Crippen LogP contribution in [0.25, 0.3) is 0 Å². The van der Waals surface area contributed by atoms with Crippen molar-refractivity contribution in [2.75, 3.05) is 20.1 Å². The van der Waals surface area contributed by atoms with E-state index in [2.05, 4.69) is 84.8 Å². The fourth-order valence-corrected chi connectivity index (χ4v) is 3.82. The Morgan fingerprint density at radius 2 is 2.05 bits per heavy atom. The van der Waals surface area contributed by atoms with Crippen LogP contribution in [0.1, 0.15) is 10.4 Å². The van der Waals surface area contributed by atoms with Gasteiger partial charge in [0, 0.05) is 45.4 Å². The van der Waals surface area contributed by atoms with Crippen molar-refractivity contribution < 1.29 is 0 Å². The van der Waals surface area contributed by atoms with E-state index in [1.807, 2.05) is 0 Å². The van der Waals surface area contributed by atoms with Crippen LogP contribution in [0.5, 0.6) is 0 Å². The SMILES string of the molecule is CN(CCNCc1cc(Br)cs1)Cc1cccc(Br)c1. The number of halogens is 2. The molecule has 0 saturated heterocycles. The predicted molar refractivity (Wildman–Crippen MR) is 94.2 cm³/mol. The first-order valence-electron chi connectivity index (χ1n) is 6.50. The maximum atomic E-state index is 3.51. The molecule has 2 nitrogen and oxygen atoms in total. The first kappa shape index (κ1) is 16.2. The highest BCUT2D eigenvalue weighted by molar-refractivity contribution is 9.10. The minimum Gasteiger partial charge on any atom is -0.311 e. The number of nitrogens with zero attached hydrogens (tertiary/aromatic N) is 1. The van der Waals surface area contributed by atoms with Gasteiger partial charge in [-0.15, -0.1) is 11.3 Å². The lowest BCUT2D eigenvalue weighted by molar-refractivity contribution is 0.324. The summed E-state index contributed by atoms with van der Waals surface area (Å²) < 4.78 is 2.32. The number of hydrogen-bond donors (Lipinski definition) is 1. The summed E-state index contributed by atoms with van der Waals surface area (Å²) in [6, 6.07) is 10.7. The summed E-state index contributed by atoms with van der Waals surface area (Å²) in [5.74, 6) is 0. The van der Waals surface area contributed by atoms with Crippen LogP contribution in [0, 0.1) is 0 Å². The highest BCUT2D eigenvalue weighted by atomic mass is 79.9. The standard InChI is InChI=1S/C15H18Br2N2S/c1-19(10-12-3-2-4-13(16)7-12)6-5-18-9-15-8-14(17)11-20-15/h2-4,7-8,11,18H,5-6,9-10H2,1H3. The second kappa shape index (κ2) is 8.29. The summed E-state index contributed by atoms with van der Waals surface area (Å²) in [5, 5.41) is 5.60. The maximum absolute atomic E-state index is 3.51. The quantitative estimate of drug-likeness (QED) is 0.667. The average molecular weight is 418 g/mol. The molecule has 1 heterocycles. The number of nitrogens with one attached hydrogen (secondary N) is 1. The van der Waals surface area contributed by atoms with E-state index < -0.39 is 0 Å². The van der Waals surface area contributed by atoms with Gasteiger partial charge in [-0.2, -0.15) is 0 Å². The molecule has 2 aromatic rings. The van der Waals surface area contributed by atoms with Gasteiger partial charge in [0.05, 0.1) is 0 Å². The van der Waals surface area contributed by atoms with Gasteiger partial charge >= 0.3 is 0 Å². The normalized spacial score (nSPS) is 11.2. The molecule has 2 rings (SSSR count). The first-order valence-corrected chi connectivity index (χ1v) is 8.96. The van der Waals surface area contributed by atoms with Crippen LogP contribution in [0.3, 0.4) is 0 Å². The van der Waals surface area contributed by atoms with E-state index in [1.54, 1.807) is 11.3 Å². The zero-order valence-corrected chi connectivity index (χ0v) is 15.4. The van der Waals surface area contributed by atoms with Gasteiger partial charge in [-0.1, -0.05) is 28.1 Å². The van der Waals surface area contributed by atoms with E-state index in [0.717, 1.165) is 30.7 Å².